The number of nitrogens with one attached hydrogen (secondary N) is 1. The second kappa shape index (κ2) is 5.40. The topological polar surface area (TPSA) is 68.0 Å². The van der Waals surface area contributed by atoms with E-state index < -0.39 is 0 Å². The Morgan fingerprint density at radius 2 is 2.30 bits per heavy atom. The molecule has 3 rings (SSSR count). The Balaban J connectivity index is 1.85. The summed E-state index contributed by atoms with van der Waals surface area (Å²) in [6.07, 6.45) is 0. The van der Waals surface area contributed by atoms with Crippen molar-refractivity contribution in [1.29, 1.82) is 0 Å². The van der Waals surface area contributed by atoms with Crippen molar-refractivity contribution < 1.29 is 4.79 Å². The molecule has 0 bridgehead atoms. The van der Waals surface area contributed by atoms with Gasteiger partial charge in [-0.2, -0.15) is 0 Å². The fourth-order valence-corrected chi connectivity index (χ4v) is 3.71. The van der Waals surface area contributed by atoms with Crippen molar-refractivity contribution in [3.63, 3.8) is 0 Å². The Morgan fingerprint density at radius 3 is 3.05 bits per heavy atom. The number of halogens is 1. The third-order valence-corrected chi connectivity index (χ3v) is 4.85. The zero-order chi connectivity index (χ0) is 14.1. The number of anilines is 1. The summed E-state index contributed by atoms with van der Waals surface area (Å²) in [6.45, 7) is 0.400. The Morgan fingerprint density at radius 1 is 1.45 bits per heavy atom. The van der Waals surface area contributed by atoms with Crippen LogP contribution in [0.2, 0.25) is 5.02 Å². The summed E-state index contributed by atoms with van der Waals surface area (Å²) in [7, 11) is 0. The third kappa shape index (κ3) is 2.49. The first-order valence-electron chi connectivity index (χ1n) is 5.78. The van der Waals surface area contributed by atoms with Crippen LogP contribution in [0.5, 0.6) is 0 Å². The van der Waals surface area contributed by atoms with Gasteiger partial charge in [0.15, 0.2) is 0 Å². The number of aromatic nitrogens is 1. The lowest BCUT2D eigenvalue weighted by atomic mass is 10.2. The fraction of sp³-hybridized carbons (Fsp3) is 0.0769. The lowest BCUT2D eigenvalue weighted by molar-refractivity contribution is 0.0955. The number of rotatable bonds is 3. The van der Waals surface area contributed by atoms with E-state index in [0.717, 1.165) is 15.8 Å². The first-order valence-corrected chi connectivity index (χ1v) is 7.91. The molecule has 0 saturated heterocycles. The van der Waals surface area contributed by atoms with Gasteiger partial charge in [0, 0.05) is 20.5 Å². The standard InChI is InChI=1S/C13H10ClN3OS2/c14-7-1-2-9-10(3-7)20-12(11(9)15)13(18)16-4-8-5-19-6-17-8/h1-3,5-6H,4,15H2,(H,16,18). The van der Waals surface area contributed by atoms with Crippen molar-refractivity contribution in [3.8, 4) is 0 Å². The van der Waals surface area contributed by atoms with Crippen LogP contribution < -0.4 is 11.1 Å². The Hall–Kier alpha value is -1.63. The minimum atomic E-state index is -0.187. The highest BCUT2D eigenvalue weighted by Gasteiger charge is 2.16. The Bertz CT molecular complexity index is 767. The molecule has 7 heteroatoms. The molecule has 0 radical (unpaired) electrons. The zero-order valence-electron chi connectivity index (χ0n) is 10.2. The number of fused-ring (bicyclic) bond motifs is 1. The molecule has 3 N–H and O–H groups in total. The molecule has 1 aromatic carbocycles. The van der Waals surface area contributed by atoms with E-state index in [-0.39, 0.29) is 5.91 Å². The molecule has 2 aromatic heterocycles. The van der Waals surface area contributed by atoms with Crippen LogP contribution in [0.1, 0.15) is 15.4 Å². The smallest absolute Gasteiger partial charge is 0.263 e. The van der Waals surface area contributed by atoms with Crippen molar-refractivity contribution in [3.05, 3.63) is 44.7 Å². The van der Waals surface area contributed by atoms with Gasteiger partial charge in [0.2, 0.25) is 0 Å². The predicted molar refractivity (Wildman–Crippen MR) is 84.5 cm³/mol. The molecule has 1 amide bonds. The van der Waals surface area contributed by atoms with Crippen LogP contribution in [-0.4, -0.2) is 10.9 Å². The largest absolute Gasteiger partial charge is 0.397 e. The minimum absolute atomic E-state index is 0.187. The SMILES string of the molecule is Nc1c(C(=O)NCc2cscn2)sc2cc(Cl)ccc12. The fourth-order valence-electron chi connectivity index (χ4n) is 1.83. The van der Waals surface area contributed by atoms with E-state index in [0.29, 0.717) is 22.1 Å². The molecule has 3 aromatic rings. The van der Waals surface area contributed by atoms with Crippen molar-refractivity contribution in [2.24, 2.45) is 0 Å². The van der Waals surface area contributed by atoms with Crippen molar-refractivity contribution >= 4 is 56.0 Å². The molecule has 4 nitrogen and oxygen atoms in total. The number of hydrogen-bond acceptors (Lipinski definition) is 5. The molecule has 0 unspecified atom stereocenters. The number of nitrogens with two attached hydrogens (primary N) is 1. The lowest BCUT2D eigenvalue weighted by Crippen LogP contribution is -2.22. The van der Waals surface area contributed by atoms with Gasteiger partial charge in [0.05, 0.1) is 23.4 Å². The van der Waals surface area contributed by atoms with Crippen LogP contribution in [0.3, 0.4) is 0 Å². The van der Waals surface area contributed by atoms with Gasteiger partial charge in [-0.1, -0.05) is 11.6 Å². The molecular weight excluding hydrogens is 314 g/mol. The summed E-state index contributed by atoms with van der Waals surface area (Å²) >= 11 is 8.79. The Kier molecular flexibility index (Phi) is 3.60. The van der Waals surface area contributed by atoms with E-state index in [1.54, 1.807) is 11.6 Å². The first-order chi connectivity index (χ1) is 9.65. The van der Waals surface area contributed by atoms with Gasteiger partial charge in [-0.3, -0.25) is 4.79 Å². The van der Waals surface area contributed by atoms with Crippen LogP contribution in [-0.2, 0) is 6.54 Å². The highest BCUT2D eigenvalue weighted by Crippen LogP contribution is 2.35. The summed E-state index contributed by atoms with van der Waals surface area (Å²) < 4.78 is 0.911. The monoisotopic (exact) mass is 323 g/mol. The van der Waals surface area contributed by atoms with Gasteiger partial charge in [-0.05, 0) is 18.2 Å². The molecule has 0 spiro atoms. The number of nitrogens with zero attached hydrogens (tertiary/aromatic N) is 1. The van der Waals surface area contributed by atoms with E-state index >= 15 is 0 Å². The lowest BCUT2D eigenvalue weighted by Gasteiger charge is -2.01. The minimum Gasteiger partial charge on any atom is -0.397 e. The van der Waals surface area contributed by atoms with Gasteiger partial charge in [-0.15, -0.1) is 22.7 Å². The molecule has 102 valence electrons. The van der Waals surface area contributed by atoms with E-state index in [1.807, 2.05) is 17.5 Å². The maximum Gasteiger partial charge on any atom is 0.263 e. The van der Waals surface area contributed by atoms with Crippen LogP contribution in [0, 0.1) is 0 Å². The molecule has 0 saturated carbocycles. The Labute approximate surface area is 128 Å². The number of hydrogen-bond donors (Lipinski definition) is 2. The first kappa shape index (κ1) is 13.4. The van der Waals surface area contributed by atoms with E-state index in [9.17, 15) is 4.79 Å². The second-order valence-corrected chi connectivity index (χ2v) is 6.36. The molecule has 2 heterocycles. The highest BCUT2D eigenvalue weighted by molar-refractivity contribution is 7.21. The average Bonchev–Trinajstić information content (AvgIpc) is 3.04. The summed E-state index contributed by atoms with van der Waals surface area (Å²) in [6, 6.07) is 5.42. The molecule has 0 atom stereocenters. The normalized spacial score (nSPS) is 10.8. The van der Waals surface area contributed by atoms with Gasteiger partial charge in [-0.25, -0.2) is 4.98 Å². The van der Waals surface area contributed by atoms with E-state index in [2.05, 4.69) is 10.3 Å². The second-order valence-electron chi connectivity index (χ2n) is 4.15. The molecule has 0 fully saturated rings. The number of thiophene rings is 1. The van der Waals surface area contributed by atoms with Crippen molar-refractivity contribution in [1.82, 2.24) is 10.3 Å². The van der Waals surface area contributed by atoms with Gasteiger partial charge in [0.25, 0.3) is 5.91 Å². The number of carbonyl (C=O) groups excluding carboxylic acids is 1. The quantitative estimate of drug-likeness (QED) is 0.775. The van der Waals surface area contributed by atoms with E-state index in [1.165, 1.54) is 22.7 Å². The summed E-state index contributed by atoms with van der Waals surface area (Å²) in [5, 5.41) is 6.21. The summed E-state index contributed by atoms with van der Waals surface area (Å²) in [5.74, 6) is -0.187. The molecule has 0 aliphatic heterocycles. The zero-order valence-corrected chi connectivity index (χ0v) is 12.6. The van der Waals surface area contributed by atoms with Gasteiger partial charge >= 0.3 is 0 Å². The van der Waals surface area contributed by atoms with Crippen LogP contribution in [0.4, 0.5) is 5.69 Å². The van der Waals surface area contributed by atoms with Crippen LogP contribution >= 0.6 is 34.3 Å². The average molecular weight is 324 g/mol. The molecule has 0 aliphatic carbocycles. The number of carbonyl (C=O) groups is 1. The summed E-state index contributed by atoms with van der Waals surface area (Å²) in [5.41, 5.74) is 9.10. The third-order valence-electron chi connectivity index (χ3n) is 2.81. The van der Waals surface area contributed by atoms with Crippen LogP contribution in [0.25, 0.3) is 10.1 Å². The van der Waals surface area contributed by atoms with Crippen molar-refractivity contribution in [2.45, 2.75) is 6.54 Å². The summed E-state index contributed by atoms with van der Waals surface area (Å²) in [4.78, 5) is 16.8. The molecule has 0 aliphatic rings. The van der Waals surface area contributed by atoms with Gasteiger partial charge in [0.1, 0.15) is 4.88 Å². The number of benzene rings is 1. The molecule has 20 heavy (non-hydrogen) atoms. The maximum absolute atomic E-state index is 12.2. The maximum atomic E-state index is 12.2. The van der Waals surface area contributed by atoms with E-state index in [4.69, 9.17) is 17.3 Å². The highest BCUT2D eigenvalue weighted by atomic mass is 35.5. The number of thiazole rings is 1. The number of nitrogen functional groups attached to an aromatic ring is 1. The van der Waals surface area contributed by atoms with Crippen molar-refractivity contribution in [2.75, 3.05) is 5.73 Å². The number of amides is 1. The van der Waals surface area contributed by atoms with Crippen LogP contribution in [0.15, 0.2) is 29.1 Å². The molecular formula is C13H10ClN3OS2. The van der Waals surface area contributed by atoms with Gasteiger partial charge < -0.3 is 11.1 Å². The predicted octanol–water partition coefficient (Wildman–Crippen LogP) is 3.52.